The topological polar surface area (TPSA) is 36.3 Å². The quantitative estimate of drug-likeness (QED) is 0.841. The number of benzene rings is 1. The summed E-state index contributed by atoms with van der Waals surface area (Å²) in [6, 6.07) is 8.48. The molecule has 0 saturated carbocycles. The minimum Gasteiger partial charge on any atom is -0.381 e. The maximum Gasteiger partial charge on any atom is 0.101 e. The summed E-state index contributed by atoms with van der Waals surface area (Å²) in [7, 11) is 2.05. The van der Waals surface area contributed by atoms with Crippen molar-refractivity contribution in [2.24, 2.45) is 0 Å². The summed E-state index contributed by atoms with van der Waals surface area (Å²) in [5.41, 5.74) is 1.72. The van der Waals surface area contributed by atoms with Crippen LogP contribution in [0.25, 0.3) is 0 Å². The van der Waals surface area contributed by atoms with Gasteiger partial charge in [0, 0.05) is 30.8 Å². The van der Waals surface area contributed by atoms with E-state index in [4.69, 9.17) is 10.00 Å². The molecule has 1 aliphatic heterocycles. The van der Waals surface area contributed by atoms with Gasteiger partial charge in [0.1, 0.15) is 6.07 Å². The molecule has 1 saturated heterocycles. The van der Waals surface area contributed by atoms with Crippen LogP contribution >= 0.6 is 15.9 Å². The normalized spacial score (nSPS) is 16.5. The third-order valence-corrected chi connectivity index (χ3v) is 3.69. The molecule has 0 aliphatic carbocycles. The second kappa shape index (κ2) is 5.52. The number of nitriles is 1. The van der Waals surface area contributed by atoms with Crippen molar-refractivity contribution in [3.8, 4) is 6.07 Å². The molecule has 90 valence electrons. The standard InChI is InChI=1S/C13H15BrN2O/c1-16(12-4-6-17-7-5-12)13-8-11(14)3-2-10(13)9-15/h2-3,8,12H,4-7H2,1H3. The number of rotatable bonds is 2. The monoisotopic (exact) mass is 294 g/mol. The lowest BCUT2D eigenvalue weighted by Gasteiger charge is -2.33. The first-order chi connectivity index (χ1) is 8.22. The Morgan fingerprint density at radius 1 is 1.41 bits per heavy atom. The fraction of sp³-hybridized carbons (Fsp3) is 0.462. The van der Waals surface area contributed by atoms with Gasteiger partial charge < -0.3 is 9.64 Å². The van der Waals surface area contributed by atoms with E-state index in [2.05, 4.69) is 33.9 Å². The average molecular weight is 295 g/mol. The fourth-order valence-corrected chi connectivity index (χ4v) is 2.51. The summed E-state index contributed by atoms with van der Waals surface area (Å²) < 4.78 is 6.37. The van der Waals surface area contributed by atoms with Crippen LogP contribution in [0, 0.1) is 11.3 Å². The van der Waals surface area contributed by atoms with E-state index in [1.165, 1.54) is 0 Å². The lowest BCUT2D eigenvalue weighted by molar-refractivity contribution is 0.0855. The van der Waals surface area contributed by atoms with Gasteiger partial charge in [-0.1, -0.05) is 15.9 Å². The number of ether oxygens (including phenoxy) is 1. The average Bonchev–Trinajstić information content (AvgIpc) is 2.39. The smallest absolute Gasteiger partial charge is 0.101 e. The first-order valence-corrected chi connectivity index (χ1v) is 6.52. The molecular formula is C13H15BrN2O. The predicted molar refractivity (Wildman–Crippen MR) is 71.1 cm³/mol. The Morgan fingerprint density at radius 2 is 2.12 bits per heavy atom. The Hall–Kier alpha value is -1.05. The van der Waals surface area contributed by atoms with Gasteiger partial charge in [-0.3, -0.25) is 0 Å². The summed E-state index contributed by atoms with van der Waals surface area (Å²) in [4.78, 5) is 2.20. The Balaban J connectivity index is 2.25. The Morgan fingerprint density at radius 3 is 2.76 bits per heavy atom. The highest BCUT2D eigenvalue weighted by atomic mass is 79.9. The number of halogens is 1. The number of hydrogen-bond acceptors (Lipinski definition) is 3. The van der Waals surface area contributed by atoms with Crippen molar-refractivity contribution in [3.63, 3.8) is 0 Å². The van der Waals surface area contributed by atoms with E-state index < -0.39 is 0 Å². The molecule has 4 heteroatoms. The minimum absolute atomic E-state index is 0.463. The summed E-state index contributed by atoms with van der Waals surface area (Å²) in [5.74, 6) is 0. The van der Waals surface area contributed by atoms with E-state index in [1.807, 2.05) is 18.2 Å². The highest BCUT2D eigenvalue weighted by molar-refractivity contribution is 9.10. The van der Waals surface area contributed by atoms with Crippen LogP contribution in [0.5, 0.6) is 0 Å². The van der Waals surface area contributed by atoms with E-state index in [0.717, 1.165) is 41.8 Å². The molecule has 0 spiro atoms. The highest BCUT2D eigenvalue weighted by Gasteiger charge is 2.20. The van der Waals surface area contributed by atoms with Gasteiger partial charge in [-0.15, -0.1) is 0 Å². The zero-order valence-corrected chi connectivity index (χ0v) is 11.4. The second-order valence-electron chi connectivity index (χ2n) is 4.23. The molecule has 0 bridgehead atoms. The van der Waals surface area contributed by atoms with E-state index in [9.17, 15) is 0 Å². The van der Waals surface area contributed by atoms with E-state index >= 15 is 0 Å². The molecule has 2 rings (SSSR count). The van der Waals surface area contributed by atoms with Crippen molar-refractivity contribution >= 4 is 21.6 Å². The molecule has 0 amide bonds. The molecule has 17 heavy (non-hydrogen) atoms. The zero-order valence-electron chi connectivity index (χ0n) is 9.82. The third-order valence-electron chi connectivity index (χ3n) is 3.20. The van der Waals surface area contributed by atoms with Crippen LogP contribution in [0.15, 0.2) is 22.7 Å². The molecule has 1 aromatic rings. The largest absolute Gasteiger partial charge is 0.381 e. The van der Waals surface area contributed by atoms with Crippen LogP contribution in [-0.4, -0.2) is 26.3 Å². The SMILES string of the molecule is CN(c1cc(Br)ccc1C#N)C1CCOCC1. The van der Waals surface area contributed by atoms with E-state index in [-0.39, 0.29) is 0 Å². The molecule has 0 N–H and O–H groups in total. The van der Waals surface area contributed by atoms with Crippen LogP contribution in [0.3, 0.4) is 0 Å². The van der Waals surface area contributed by atoms with Crippen LogP contribution in [-0.2, 0) is 4.74 Å². The van der Waals surface area contributed by atoms with Crippen molar-refractivity contribution in [2.45, 2.75) is 18.9 Å². The zero-order chi connectivity index (χ0) is 12.3. The third kappa shape index (κ3) is 2.80. The molecule has 0 radical (unpaired) electrons. The van der Waals surface area contributed by atoms with Crippen LogP contribution in [0.2, 0.25) is 0 Å². The van der Waals surface area contributed by atoms with Gasteiger partial charge in [-0.05, 0) is 31.0 Å². The molecule has 1 aliphatic rings. The Bertz CT molecular complexity index is 436. The van der Waals surface area contributed by atoms with Gasteiger partial charge >= 0.3 is 0 Å². The lowest BCUT2D eigenvalue weighted by atomic mass is 10.1. The van der Waals surface area contributed by atoms with E-state index in [0.29, 0.717) is 6.04 Å². The van der Waals surface area contributed by atoms with Gasteiger partial charge in [0.05, 0.1) is 11.3 Å². The lowest BCUT2D eigenvalue weighted by Crippen LogP contribution is -2.37. The summed E-state index contributed by atoms with van der Waals surface area (Å²) in [6.45, 7) is 1.62. The summed E-state index contributed by atoms with van der Waals surface area (Å²) >= 11 is 3.46. The number of nitrogens with zero attached hydrogens (tertiary/aromatic N) is 2. The van der Waals surface area contributed by atoms with Crippen molar-refractivity contribution in [3.05, 3.63) is 28.2 Å². The molecule has 1 heterocycles. The van der Waals surface area contributed by atoms with Crippen molar-refractivity contribution < 1.29 is 4.74 Å². The fourth-order valence-electron chi connectivity index (χ4n) is 2.16. The molecular weight excluding hydrogens is 280 g/mol. The van der Waals surface area contributed by atoms with Crippen molar-refractivity contribution in [1.82, 2.24) is 0 Å². The molecule has 3 nitrogen and oxygen atoms in total. The second-order valence-corrected chi connectivity index (χ2v) is 5.14. The van der Waals surface area contributed by atoms with Crippen molar-refractivity contribution in [1.29, 1.82) is 5.26 Å². The number of anilines is 1. The molecule has 1 aromatic carbocycles. The van der Waals surface area contributed by atoms with Gasteiger partial charge in [0.2, 0.25) is 0 Å². The maximum absolute atomic E-state index is 9.14. The number of hydrogen-bond donors (Lipinski definition) is 0. The van der Waals surface area contributed by atoms with Crippen LogP contribution < -0.4 is 4.90 Å². The summed E-state index contributed by atoms with van der Waals surface area (Å²) in [5, 5.41) is 9.14. The maximum atomic E-state index is 9.14. The Labute approximate surface area is 110 Å². The molecule has 0 unspecified atom stereocenters. The van der Waals surface area contributed by atoms with E-state index in [1.54, 1.807) is 0 Å². The van der Waals surface area contributed by atoms with Gasteiger partial charge in [0.15, 0.2) is 0 Å². The first kappa shape index (κ1) is 12.4. The summed E-state index contributed by atoms with van der Waals surface area (Å²) in [6.07, 6.45) is 2.04. The van der Waals surface area contributed by atoms with Crippen LogP contribution in [0.4, 0.5) is 5.69 Å². The van der Waals surface area contributed by atoms with Gasteiger partial charge in [0.25, 0.3) is 0 Å². The first-order valence-electron chi connectivity index (χ1n) is 5.72. The molecule has 0 aromatic heterocycles. The molecule has 1 fully saturated rings. The van der Waals surface area contributed by atoms with Gasteiger partial charge in [-0.2, -0.15) is 5.26 Å². The highest BCUT2D eigenvalue weighted by Crippen LogP contribution is 2.27. The van der Waals surface area contributed by atoms with Gasteiger partial charge in [-0.25, -0.2) is 0 Å². The van der Waals surface area contributed by atoms with Crippen LogP contribution in [0.1, 0.15) is 18.4 Å². The predicted octanol–water partition coefficient (Wildman–Crippen LogP) is 2.94. The Kier molecular flexibility index (Phi) is 4.03. The van der Waals surface area contributed by atoms with Crippen molar-refractivity contribution in [2.75, 3.05) is 25.2 Å². The molecule has 0 atom stereocenters. The minimum atomic E-state index is 0.463.